The number of amides is 1. The van der Waals surface area contributed by atoms with Crippen LogP contribution in [0.3, 0.4) is 0 Å². The number of rotatable bonds is 5. The second-order valence-corrected chi connectivity index (χ2v) is 6.49. The molecule has 3 heterocycles. The topological polar surface area (TPSA) is 71.9 Å². The Morgan fingerprint density at radius 3 is 2.62 bits per heavy atom. The van der Waals surface area contributed by atoms with Crippen molar-refractivity contribution in [1.29, 1.82) is 0 Å². The normalized spacial score (nSPS) is 13.7. The number of carbonyl (C=O) groups is 1. The van der Waals surface area contributed by atoms with Crippen molar-refractivity contribution in [2.45, 2.75) is 25.4 Å². The Labute approximate surface area is 143 Å². The average molecular weight is 337 g/mol. The highest BCUT2D eigenvalue weighted by Gasteiger charge is 2.34. The van der Waals surface area contributed by atoms with E-state index in [2.05, 4.69) is 19.9 Å². The molecule has 0 N–H and O–H groups in total. The zero-order valence-corrected chi connectivity index (χ0v) is 13.7. The number of thiazole rings is 1. The van der Waals surface area contributed by atoms with Crippen molar-refractivity contribution < 1.29 is 4.79 Å². The fourth-order valence-corrected chi connectivity index (χ4v) is 3.21. The van der Waals surface area contributed by atoms with Gasteiger partial charge < -0.3 is 4.90 Å². The van der Waals surface area contributed by atoms with Crippen molar-refractivity contribution >= 4 is 17.2 Å². The van der Waals surface area contributed by atoms with Crippen molar-refractivity contribution in [1.82, 2.24) is 24.8 Å². The van der Waals surface area contributed by atoms with E-state index in [-0.39, 0.29) is 5.91 Å². The van der Waals surface area contributed by atoms with E-state index < -0.39 is 0 Å². The maximum atomic E-state index is 12.9. The second kappa shape index (κ2) is 6.45. The summed E-state index contributed by atoms with van der Waals surface area (Å²) in [5.41, 5.74) is 1.54. The van der Waals surface area contributed by atoms with E-state index in [0.717, 1.165) is 18.4 Å². The van der Waals surface area contributed by atoms with Gasteiger partial charge in [-0.25, -0.2) is 15.0 Å². The largest absolute Gasteiger partial charge is 0.330 e. The molecule has 1 aliphatic carbocycles. The summed E-state index contributed by atoms with van der Waals surface area (Å²) in [5.74, 6) is 0.515. The van der Waals surface area contributed by atoms with E-state index in [4.69, 9.17) is 0 Å². The lowest BCUT2D eigenvalue weighted by Crippen LogP contribution is -2.32. The van der Waals surface area contributed by atoms with Crippen molar-refractivity contribution in [3.8, 4) is 10.8 Å². The van der Waals surface area contributed by atoms with E-state index >= 15 is 0 Å². The van der Waals surface area contributed by atoms with E-state index in [1.54, 1.807) is 36.2 Å². The molecular formula is C17H15N5OS. The second-order valence-electron chi connectivity index (χ2n) is 5.63. The molecule has 0 radical (unpaired) electrons. The minimum atomic E-state index is -0.0345. The number of hydrogen-bond donors (Lipinski definition) is 0. The molecule has 0 unspecified atom stereocenters. The fraction of sp³-hybridized carbons (Fsp3) is 0.235. The summed E-state index contributed by atoms with van der Waals surface area (Å²) < 4.78 is 0. The smallest absolute Gasteiger partial charge is 0.273 e. The molecule has 1 amide bonds. The molecule has 120 valence electrons. The number of pyridine rings is 1. The number of nitrogens with zero attached hydrogens (tertiary/aromatic N) is 5. The third kappa shape index (κ3) is 3.16. The third-order valence-electron chi connectivity index (χ3n) is 3.83. The minimum absolute atomic E-state index is 0.0345. The molecule has 6 nitrogen and oxygen atoms in total. The minimum Gasteiger partial charge on any atom is -0.330 e. The maximum Gasteiger partial charge on any atom is 0.273 e. The molecule has 24 heavy (non-hydrogen) atoms. The maximum absolute atomic E-state index is 12.9. The third-order valence-corrected chi connectivity index (χ3v) is 4.67. The van der Waals surface area contributed by atoms with Gasteiger partial charge in [0, 0.05) is 42.8 Å². The van der Waals surface area contributed by atoms with Crippen LogP contribution in [0.25, 0.3) is 10.8 Å². The molecule has 7 heteroatoms. The first-order valence-corrected chi connectivity index (χ1v) is 8.62. The van der Waals surface area contributed by atoms with Gasteiger partial charge in [-0.15, -0.1) is 11.3 Å². The summed E-state index contributed by atoms with van der Waals surface area (Å²) in [7, 11) is 0. The highest BCUT2D eigenvalue weighted by molar-refractivity contribution is 7.13. The van der Waals surface area contributed by atoms with Crippen LogP contribution >= 0.6 is 11.3 Å². The van der Waals surface area contributed by atoms with E-state index in [1.807, 2.05) is 17.0 Å². The lowest BCUT2D eigenvalue weighted by atomic mass is 10.2. The Morgan fingerprint density at radius 2 is 1.92 bits per heavy atom. The van der Waals surface area contributed by atoms with E-state index in [9.17, 15) is 4.79 Å². The first kappa shape index (κ1) is 14.9. The Morgan fingerprint density at radius 1 is 1.17 bits per heavy atom. The number of hydrogen-bond acceptors (Lipinski definition) is 6. The molecule has 0 saturated heterocycles. The molecular weight excluding hydrogens is 322 g/mol. The van der Waals surface area contributed by atoms with Crippen molar-refractivity contribution in [3.05, 3.63) is 59.6 Å². The first-order chi connectivity index (χ1) is 11.8. The van der Waals surface area contributed by atoms with Gasteiger partial charge in [0.15, 0.2) is 10.8 Å². The Kier molecular flexibility index (Phi) is 4.00. The summed E-state index contributed by atoms with van der Waals surface area (Å²) in [6, 6.07) is 5.94. The molecule has 0 bridgehead atoms. The lowest BCUT2D eigenvalue weighted by Gasteiger charge is -2.21. The molecule has 0 atom stereocenters. The van der Waals surface area contributed by atoms with Crippen LogP contribution in [0.2, 0.25) is 0 Å². The molecule has 4 rings (SSSR count). The molecule has 0 aliphatic heterocycles. The van der Waals surface area contributed by atoms with Gasteiger partial charge >= 0.3 is 0 Å². The van der Waals surface area contributed by atoms with Crippen molar-refractivity contribution in [2.75, 3.05) is 0 Å². The summed E-state index contributed by atoms with van der Waals surface area (Å²) in [6.07, 6.45) is 8.94. The van der Waals surface area contributed by atoms with Crippen LogP contribution in [0.1, 0.15) is 28.9 Å². The summed E-state index contributed by atoms with van der Waals surface area (Å²) in [6.45, 7) is 0.584. The predicted molar refractivity (Wildman–Crippen MR) is 90.3 cm³/mol. The highest BCUT2D eigenvalue weighted by atomic mass is 32.1. The van der Waals surface area contributed by atoms with E-state index in [0.29, 0.717) is 29.1 Å². The molecule has 0 aromatic carbocycles. The van der Waals surface area contributed by atoms with Crippen LogP contribution in [0.15, 0.2) is 48.4 Å². The lowest BCUT2D eigenvalue weighted by molar-refractivity contribution is 0.0725. The molecule has 1 aliphatic rings. The Hall–Kier alpha value is -2.67. The van der Waals surface area contributed by atoms with Gasteiger partial charge in [0.2, 0.25) is 0 Å². The standard InChI is InChI=1S/C17H15N5OS/c23-17(14-11-24-16(21-14)15-19-6-1-7-20-15)22(13-2-3-13)10-12-4-8-18-9-5-12/h1,4-9,11,13H,2-3,10H2. The molecule has 0 spiro atoms. The Balaban J connectivity index is 1.56. The summed E-state index contributed by atoms with van der Waals surface area (Å²) >= 11 is 1.39. The molecule has 1 saturated carbocycles. The summed E-state index contributed by atoms with van der Waals surface area (Å²) in [4.78, 5) is 31.6. The van der Waals surface area contributed by atoms with Crippen LogP contribution in [0, 0.1) is 0 Å². The van der Waals surface area contributed by atoms with Crippen molar-refractivity contribution in [2.24, 2.45) is 0 Å². The van der Waals surface area contributed by atoms with Gasteiger partial charge in [-0.1, -0.05) is 0 Å². The van der Waals surface area contributed by atoms with Gasteiger partial charge in [-0.2, -0.15) is 0 Å². The monoisotopic (exact) mass is 337 g/mol. The van der Waals surface area contributed by atoms with Gasteiger partial charge in [-0.05, 0) is 36.6 Å². The zero-order valence-electron chi connectivity index (χ0n) is 12.9. The fourth-order valence-electron chi connectivity index (χ4n) is 2.47. The number of carbonyl (C=O) groups excluding carboxylic acids is 1. The zero-order chi connectivity index (χ0) is 16.4. The van der Waals surface area contributed by atoms with Crippen LogP contribution in [-0.2, 0) is 6.54 Å². The average Bonchev–Trinajstić information content (AvgIpc) is 3.36. The number of aromatic nitrogens is 4. The highest BCUT2D eigenvalue weighted by Crippen LogP contribution is 2.30. The van der Waals surface area contributed by atoms with Crippen LogP contribution in [0.5, 0.6) is 0 Å². The molecule has 3 aromatic rings. The predicted octanol–water partition coefficient (Wildman–Crippen LogP) is 2.80. The SMILES string of the molecule is O=C(c1csc(-c2ncccn2)n1)N(Cc1ccncc1)C1CC1. The first-order valence-electron chi connectivity index (χ1n) is 7.74. The van der Waals surface area contributed by atoms with Crippen LogP contribution < -0.4 is 0 Å². The Bertz CT molecular complexity index is 832. The summed E-state index contributed by atoms with van der Waals surface area (Å²) in [5, 5.41) is 2.45. The van der Waals surface area contributed by atoms with Gasteiger partial charge in [-0.3, -0.25) is 9.78 Å². The van der Waals surface area contributed by atoms with E-state index in [1.165, 1.54) is 11.3 Å². The molecule has 3 aromatic heterocycles. The quantitative estimate of drug-likeness (QED) is 0.716. The van der Waals surface area contributed by atoms with Crippen LogP contribution in [0.4, 0.5) is 0 Å². The van der Waals surface area contributed by atoms with Gasteiger partial charge in [0.05, 0.1) is 0 Å². The van der Waals surface area contributed by atoms with Gasteiger partial charge in [0.25, 0.3) is 5.91 Å². The van der Waals surface area contributed by atoms with Crippen molar-refractivity contribution in [3.63, 3.8) is 0 Å². The van der Waals surface area contributed by atoms with Crippen LogP contribution in [-0.4, -0.2) is 36.8 Å². The van der Waals surface area contributed by atoms with Gasteiger partial charge in [0.1, 0.15) is 5.69 Å². The molecule has 1 fully saturated rings.